The first-order valence-electron chi connectivity index (χ1n) is 8.37. The highest BCUT2D eigenvalue weighted by atomic mass is 32.1. The van der Waals surface area contributed by atoms with Gasteiger partial charge in [-0.3, -0.25) is 14.8 Å². The highest BCUT2D eigenvalue weighted by Crippen LogP contribution is 2.33. The first-order chi connectivity index (χ1) is 12.2. The zero-order chi connectivity index (χ0) is 17.0. The third kappa shape index (κ3) is 2.17. The first kappa shape index (κ1) is 14.6. The van der Waals surface area contributed by atoms with E-state index in [-0.39, 0.29) is 11.2 Å². The van der Waals surface area contributed by atoms with Gasteiger partial charge < -0.3 is 0 Å². The smallest absolute Gasteiger partial charge is 0.298 e. The summed E-state index contributed by atoms with van der Waals surface area (Å²) >= 11 is 1.56. The second-order valence-corrected chi connectivity index (χ2v) is 7.47. The van der Waals surface area contributed by atoms with E-state index in [0.29, 0.717) is 15.9 Å². The number of H-pyrrole nitrogens is 1. The largest absolute Gasteiger partial charge is 0.334 e. The lowest BCUT2D eigenvalue weighted by Gasteiger charge is -2.10. The van der Waals surface area contributed by atoms with Crippen LogP contribution in [0, 0.1) is 0 Å². The van der Waals surface area contributed by atoms with Crippen molar-refractivity contribution in [3.8, 4) is 5.69 Å². The van der Waals surface area contributed by atoms with Crippen molar-refractivity contribution < 1.29 is 0 Å². The lowest BCUT2D eigenvalue weighted by Crippen LogP contribution is -2.33. The Morgan fingerprint density at radius 2 is 2.00 bits per heavy atom. The summed E-state index contributed by atoms with van der Waals surface area (Å²) in [4.78, 5) is 34.9. The molecule has 1 aromatic carbocycles. The van der Waals surface area contributed by atoms with Gasteiger partial charge in [0, 0.05) is 16.5 Å². The topological polar surface area (TPSA) is 67.8 Å². The maximum Gasteiger partial charge on any atom is 0.334 e. The van der Waals surface area contributed by atoms with E-state index in [1.54, 1.807) is 23.6 Å². The lowest BCUT2D eigenvalue weighted by molar-refractivity contribution is 0.699. The summed E-state index contributed by atoms with van der Waals surface area (Å²) in [6.45, 7) is 0. The molecule has 0 fully saturated rings. The van der Waals surface area contributed by atoms with E-state index in [9.17, 15) is 9.59 Å². The Labute approximate surface area is 146 Å². The Hall–Kier alpha value is -2.73. The number of aromatic nitrogens is 3. The van der Waals surface area contributed by atoms with Gasteiger partial charge in [-0.15, -0.1) is 11.3 Å². The van der Waals surface area contributed by atoms with Gasteiger partial charge in [0.1, 0.15) is 4.83 Å². The van der Waals surface area contributed by atoms with Crippen LogP contribution in [0.3, 0.4) is 0 Å². The summed E-state index contributed by atoms with van der Waals surface area (Å²) in [5.41, 5.74) is 1.93. The molecule has 5 nitrogen and oxygen atoms in total. The average Bonchev–Trinajstić information content (AvgIpc) is 2.99. The number of rotatable bonds is 1. The third-order valence-corrected chi connectivity index (χ3v) is 6.06. The number of benzene rings is 1. The van der Waals surface area contributed by atoms with Gasteiger partial charge in [-0.05, 0) is 55.5 Å². The minimum Gasteiger partial charge on any atom is -0.298 e. The molecule has 6 heteroatoms. The van der Waals surface area contributed by atoms with Crippen molar-refractivity contribution in [2.75, 3.05) is 0 Å². The molecule has 3 heterocycles. The van der Waals surface area contributed by atoms with E-state index in [1.165, 1.54) is 9.44 Å². The molecule has 0 atom stereocenters. The number of hydrogen-bond acceptors (Lipinski definition) is 4. The van der Waals surface area contributed by atoms with Gasteiger partial charge in [0.15, 0.2) is 0 Å². The van der Waals surface area contributed by atoms with E-state index < -0.39 is 0 Å². The molecule has 1 N–H and O–H groups in total. The molecule has 3 aromatic heterocycles. The number of nitrogens with zero attached hydrogens (tertiary/aromatic N) is 2. The van der Waals surface area contributed by atoms with Crippen molar-refractivity contribution in [1.29, 1.82) is 0 Å². The molecule has 0 saturated heterocycles. The summed E-state index contributed by atoms with van der Waals surface area (Å²) in [5, 5.41) is 1.59. The van der Waals surface area contributed by atoms with E-state index >= 15 is 0 Å². The fourth-order valence-corrected chi connectivity index (χ4v) is 4.94. The Balaban J connectivity index is 1.83. The van der Waals surface area contributed by atoms with Crippen LogP contribution in [0.2, 0.25) is 0 Å². The molecule has 1 aliphatic carbocycles. The van der Waals surface area contributed by atoms with Gasteiger partial charge in [0.25, 0.3) is 5.56 Å². The van der Waals surface area contributed by atoms with E-state index in [1.807, 2.05) is 24.3 Å². The zero-order valence-corrected chi connectivity index (χ0v) is 14.2. The van der Waals surface area contributed by atoms with Crippen molar-refractivity contribution >= 4 is 32.5 Å². The van der Waals surface area contributed by atoms with Crippen LogP contribution in [0.1, 0.15) is 23.3 Å². The Kier molecular flexibility index (Phi) is 3.15. The Bertz CT molecular complexity index is 1250. The monoisotopic (exact) mass is 349 g/mol. The summed E-state index contributed by atoms with van der Waals surface area (Å²) < 4.78 is 1.25. The standard InChI is InChI=1S/C19H15N3O2S/c23-18-16-13-5-1-2-6-15(13)25-17(16)21-19(24)22(18)12-7-8-14-11(10-12)4-3-9-20-14/h3-4,7-10H,1-2,5-6H2,(H,21,24). The molecule has 0 aliphatic heterocycles. The van der Waals surface area contributed by atoms with Gasteiger partial charge >= 0.3 is 5.69 Å². The van der Waals surface area contributed by atoms with Crippen LogP contribution >= 0.6 is 11.3 Å². The predicted octanol–water partition coefficient (Wildman–Crippen LogP) is 3.17. The van der Waals surface area contributed by atoms with Gasteiger partial charge in [-0.1, -0.05) is 6.07 Å². The lowest BCUT2D eigenvalue weighted by atomic mass is 9.97. The predicted molar refractivity (Wildman–Crippen MR) is 100.0 cm³/mol. The SMILES string of the molecule is O=c1[nH]c2sc3c(c2c(=O)n1-c1ccc2ncccc2c1)CCCC3. The van der Waals surface area contributed by atoms with Crippen molar-refractivity contribution in [3.63, 3.8) is 0 Å². The molecule has 4 aromatic rings. The van der Waals surface area contributed by atoms with Crippen molar-refractivity contribution in [3.05, 3.63) is 67.8 Å². The molecule has 0 spiro atoms. The Morgan fingerprint density at radius 3 is 2.92 bits per heavy atom. The molecular weight excluding hydrogens is 334 g/mol. The molecular formula is C19H15N3O2S. The number of nitrogens with one attached hydrogen (secondary N) is 1. The summed E-state index contributed by atoms with van der Waals surface area (Å²) in [6.07, 6.45) is 5.88. The Morgan fingerprint density at radius 1 is 1.12 bits per heavy atom. The van der Waals surface area contributed by atoms with E-state index in [2.05, 4.69) is 9.97 Å². The number of hydrogen-bond donors (Lipinski definition) is 1. The highest BCUT2D eigenvalue weighted by molar-refractivity contribution is 7.18. The fourth-order valence-electron chi connectivity index (χ4n) is 3.67. The van der Waals surface area contributed by atoms with Crippen molar-refractivity contribution in [2.45, 2.75) is 25.7 Å². The van der Waals surface area contributed by atoms with Crippen LogP contribution in [0.15, 0.2) is 46.1 Å². The second kappa shape index (κ2) is 5.39. The minimum atomic E-state index is -0.390. The second-order valence-electron chi connectivity index (χ2n) is 6.37. The maximum absolute atomic E-state index is 13.2. The van der Waals surface area contributed by atoms with Gasteiger partial charge in [0.2, 0.25) is 0 Å². The molecule has 5 rings (SSSR count). The quantitative estimate of drug-likeness (QED) is 0.574. The third-order valence-electron chi connectivity index (χ3n) is 4.86. The van der Waals surface area contributed by atoms with E-state index in [0.717, 1.165) is 42.1 Å². The molecule has 0 saturated carbocycles. The molecule has 124 valence electrons. The van der Waals surface area contributed by atoms with Gasteiger partial charge in [0.05, 0.1) is 16.6 Å². The number of fused-ring (bicyclic) bond motifs is 4. The minimum absolute atomic E-state index is 0.221. The van der Waals surface area contributed by atoms with Crippen LogP contribution in [-0.2, 0) is 12.8 Å². The van der Waals surface area contributed by atoms with Crippen molar-refractivity contribution in [1.82, 2.24) is 14.5 Å². The number of aryl methyl sites for hydroxylation is 2. The van der Waals surface area contributed by atoms with E-state index in [4.69, 9.17) is 0 Å². The summed E-state index contributed by atoms with van der Waals surface area (Å²) in [6, 6.07) is 9.22. The van der Waals surface area contributed by atoms with Crippen LogP contribution in [0.4, 0.5) is 0 Å². The summed E-state index contributed by atoms with van der Waals surface area (Å²) in [5.74, 6) is 0. The zero-order valence-electron chi connectivity index (χ0n) is 13.4. The molecule has 0 amide bonds. The normalized spacial score (nSPS) is 14.1. The summed E-state index contributed by atoms with van der Waals surface area (Å²) in [7, 11) is 0. The van der Waals surface area contributed by atoms with Crippen LogP contribution < -0.4 is 11.2 Å². The van der Waals surface area contributed by atoms with Crippen LogP contribution in [-0.4, -0.2) is 14.5 Å². The van der Waals surface area contributed by atoms with Crippen LogP contribution in [0.25, 0.3) is 26.8 Å². The first-order valence-corrected chi connectivity index (χ1v) is 9.19. The molecule has 0 unspecified atom stereocenters. The molecule has 0 radical (unpaired) electrons. The molecule has 0 bridgehead atoms. The fraction of sp³-hybridized carbons (Fsp3) is 0.211. The number of aromatic amines is 1. The van der Waals surface area contributed by atoms with Crippen LogP contribution in [0.5, 0.6) is 0 Å². The average molecular weight is 349 g/mol. The molecule has 1 aliphatic rings. The van der Waals surface area contributed by atoms with Gasteiger partial charge in [-0.2, -0.15) is 0 Å². The maximum atomic E-state index is 13.2. The van der Waals surface area contributed by atoms with Crippen molar-refractivity contribution in [2.24, 2.45) is 0 Å². The number of thiophene rings is 1. The van der Waals surface area contributed by atoms with Gasteiger partial charge in [-0.25, -0.2) is 9.36 Å². The number of pyridine rings is 1. The highest BCUT2D eigenvalue weighted by Gasteiger charge is 2.21. The molecule has 25 heavy (non-hydrogen) atoms.